The molecule has 0 atom stereocenters. The van der Waals surface area contributed by atoms with Crippen molar-refractivity contribution in [2.45, 2.75) is 6.54 Å². The molecule has 6 nitrogen and oxygen atoms in total. The second-order valence-electron chi connectivity index (χ2n) is 4.14. The van der Waals surface area contributed by atoms with Crippen LogP contribution in [0, 0.1) is 0 Å². The minimum atomic E-state index is 0.646. The van der Waals surface area contributed by atoms with Crippen molar-refractivity contribution < 1.29 is 4.42 Å². The van der Waals surface area contributed by atoms with Crippen LogP contribution in [0.25, 0.3) is 11.4 Å². The van der Waals surface area contributed by atoms with Crippen molar-refractivity contribution in [2.24, 2.45) is 7.05 Å². The van der Waals surface area contributed by atoms with Crippen LogP contribution in [0.2, 0.25) is 0 Å². The fourth-order valence-electron chi connectivity index (χ4n) is 1.84. The Bertz CT molecular complexity index is 659. The van der Waals surface area contributed by atoms with Gasteiger partial charge in [0.05, 0.1) is 12.8 Å². The maximum absolute atomic E-state index is 5.28. The lowest BCUT2D eigenvalue weighted by atomic mass is 10.2. The number of aryl methyl sites for hydroxylation is 1. The first-order valence-corrected chi connectivity index (χ1v) is 5.92. The number of furan rings is 1. The van der Waals surface area contributed by atoms with Crippen molar-refractivity contribution in [1.29, 1.82) is 0 Å². The average molecular weight is 255 g/mol. The maximum Gasteiger partial charge on any atom is 0.181 e. The lowest BCUT2D eigenvalue weighted by Crippen LogP contribution is -1.99. The van der Waals surface area contributed by atoms with Crippen molar-refractivity contribution in [3.05, 3.63) is 48.4 Å². The summed E-state index contributed by atoms with van der Waals surface area (Å²) in [5.41, 5.74) is 1.97. The molecule has 0 bridgehead atoms. The molecule has 3 rings (SSSR count). The molecule has 2 aromatic heterocycles. The molecule has 1 aromatic carbocycles. The average Bonchev–Trinajstić information content (AvgIpc) is 3.08. The molecule has 0 radical (unpaired) electrons. The van der Waals surface area contributed by atoms with Gasteiger partial charge >= 0.3 is 0 Å². The highest BCUT2D eigenvalue weighted by atomic mass is 16.3. The van der Waals surface area contributed by atoms with Gasteiger partial charge in [-0.25, -0.2) is 4.68 Å². The lowest BCUT2D eigenvalue weighted by molar-refractivity contribution is 0.518. The topological polar surface area (TPSA) is 68.8 Å². The second-order valence-corrected chi connectivity index (χ2v) is 4.14. The van der Waals surface area contributed by atoms with Crippen LogP contribution in [0.4, 0.5) is 5.69 Å². The third-order valence-electron chi connectivity index (χ3n) is 2.79. The Hall–Kier alpha value is -2.63. The van der Waals surface area contributed by atoms with Crippen LogP contribution >= 0.6 is 0 Å². The van der Waals surface area contributed by atoms with E-state index in [4.69, 9.17) is 4.42 Å². The number of tetrazole rings is 1. The Morgan fingerprint density at radius 2 is 2.21 bits per heavy atom. The van der Waals surface area contributed by atoms with Gasteiger partial charge in [-0.05, 0) is 34.7 Å². The summed E-state index contributed by atoms with van der Waals surface area (Å²) >= 11 is 0. The van der Waals surface area contributed by atoms with Gasteiger partial charge < -0.3 is 9.73 Å². The molecule has 96 valence electrons. The molecule has 0 saturated carbocycles. The Balaban J connectivity index is 1.78. The SMILES string of the molecule is Cn1nnnc1-c1cccc(NCc2ccco2)c1. The predicted molar refractivity (Wildman–Crippen MR) is 70.3 cm³/mol. The van der Waals surface area contributed by atoms with Crippen molar-refractivity contribution in [2.75, 3.05) is 5.32 Å². The molecule has 2 heterocycles. The quantitative estimate of drug-likeness (QED) is 0.773. The summed E-state index contributed by atoms with van der Waals surface area (Å²) in [7, 11) is 1.82. The summed E-state index contributed by atoms with van der Waals surface area (Å²) in [6, 6.07) is 11.8. The van der Waals surface area contributed by atoms with Gasteiger partial charge in [-0.1, -0.05) is 12.1 Å². The number of nitrogens with one attached hydrogen (secondary N) is 1. The highest BCUT2D eigenvalue weighted by molar-refractivity contribution is 5.62. The fourth-order valence-corrected chi connectivity index (χ4v) is 1.84. The molecule has 0 aliphatic rings. The normalized spacial score (nSPS) is 10.6. The van der Waals surface area contributed by atoms with Gasteiger partial charge in [-0.15, -0.1) is 5.10 Å². The van der Waals surface area contributed by atoms with Gasteiger partial charge in [0, 0.05) is 18.3 Å². The zero-order valence-corrected chi connectivity index (χ0v) is 10.4. The zero-order chi connectivity index (χ0) is 13.1. The van der Waals surface area contributed by atoms with Gasteiger partial charge in [0.25, 0.3) is 0 Å². The molecule has 0 unspecified atom stereocenters. The molecule has 0 aliphatic carbocycles. The van der Waals surface area contributed by atoms with Crippen molar-refractivity contribution >= 4 is 5.69 Å². The predicted octanol–water partition coefficient (Wildman–Crippen LogP) is 2.08. The molecular formula is C13H13N5O. The van der Waals surface area contributed by atoms with Crippen LogP contribution in [0.5, 0.6) is 0 Å². The third-order valence-corrected chi connectivity index (χ3v) is 2.79. The van der Waals surface area contributed by atoms with E-state index in [9.17, 15) is 0 Å². The summed E-state index contributed by atoms with van der Waals surface area (Å²) in [6.45, 7) is 0.646. The summed E-state index contributed by atoms with van der Waals surface area (Å²) in [5.74, 6) is 1.63. The molecule has 0 saturated heterocycles. The van der Waals surface area contributed by atoms with E-state index in [2.05, 4.69) is 20.8 Å². The van der Waals surface area contributed by atoms with E-state index < -0.39 is 0 Å². The number of rotatable bonds is 4. The number of hydrogen-bond donors (Lipinski definition) is 1. The summed E-state index contributed by atoms with van der Waals surface area (Å²) in [4.78, 5) is 0. The van der Waals surface area contributed by atoms with E-state index in [0.29, 0.717) is 6.54 Å². The van der Waals surface area contributed by atoms with Gasteiger partial charge in [0.15, 0.2) is 5.82 Å². The minimum absolute atomic E-state index is 0.646. The molecule has 0 aliphatic heterocycles. The first-order valence-electron chi connectivity index (χ1n) is 5.92. The number of nitrogens with zero attached hydrogens (tertiary/aromatic N) is 4. The van der Waals surface area contributed by atoms with Crippen molar-refractivity contribution in [3.63, 3.8) is 0 Å². The number of hydrogen-bond acceptors (Lipinski definition) is 5. The highest BCUT2D eigenvalue weighted by Gasteiger charge is 2.06. The monoisotopic (exact) mass is 255 g/mol. The van der Waals surface area contributed by atoms with Gasteiger partial charge in [-0.3, -0.25) is 0 Å². The first kappa shape index (κ1) is 11.5. The Labute approximate surface area is 110 Å². The van der Waals surface area contributed by atoms with E-state index >= 15 is 0 Å². The van der Waals surface area contributed by atoms with Crippen molar-refractivity contribution in [1.82, 2.24) is 20.2 Å². The Morgan fingerprint density at radius 1 is 1.26 bits per heavy atom. The van der Waals surface area contributed by atoms with Gasteiger partial charge in [0.2, 0.25) is 0 Å². The molecule has 0 spiro atoms. The summed E-state index contributed by atoms with van der Waals surface area (Å²) in [6.07, 6.45) is 1.67. The Kier molecular flexibility index (Phi) is 2.97. The van der Waals surface area contributed by atoms with E-state index in [1.165, 1.54) is 0 Å². The minimum Gasteiger partial charge on any atom is -0.467 e. The van der Waals surface area contributed by atoms with E-state index in [-0.39, 0.29) is 0 Å². The first-order chi connectivity index (χ1) is 9.33. The van der Waals surface area contributed by atoms with Gasteiger partial charge in [0.1, 0.15) is 5.76 Å². The van der Waals surface area contributed by atoms with E-state index in [0.717, 1.165) is 22.8 Å². The lowest BCUT2D eigenvalue weighted by Gasteiger charge is -2.06. The number of benzene rings is 1. The van der Waals surface area contributed by atoms with Crippen LogP contribution in [0.3, 0.4) is 0 Å². The second kappa shape index (κ2) is 4.93. The van der Waals surface area contributed by atoms with Crippen molar-refractivity contribution in [3.8, 4) is 11.4 Å². The zero-order valence-electron chi connectivity index (χ0n) is 10.4. The van der Waals surface area contributed by atoms with Crippen LogP contribution in [-0.2, 0) is 13.6 Å². The highest BCUT2D eigenvalue weighted by Crippen LogP contribution is 2.20. The van der Waals surface area contributed by atoms with Crippen LogP contribution in [0.15, 0.2) is 47.1 Å². The van der Waals surface area contributed by atoms with E-state index in [1.807, 2.05) is 43.4 Å². The fraction of sp³-hybridized carbons (Fsp3) is 0.154. The Morgan fingerprint density at radius 3 is 2.95 bits per heavy atom. The molecule has 1 N–H and O–H groups in total. The summed E-state index contributed by atoms with van der Waals surface area (Å²) < 4.78 is 6.92. The molecular weight excluding hydrogens is 242 g/mol. The molecule has 3 aromatic rings. The van der Waals surface area contributed by atoms with Crippen LogP contribution in [-0.4, -0.2) is 20.2 Å². The maximum atomic E-state index is 5.28. The van der Waals surface area contributed by atoms with Gasteiger partial charge in [-0.2, -0.15) is 0 Å². The molecule has 19 heavy (non-hydrogen) atoms. The number of anilines is 1. The summed E-state index contributed by atoms with van der Waals surface area (Å²) in [5, 5.41) is 14.8. The number of aromatic nitrogens is 4. The third kappa shape index (κ3) is 2.47. The molecule has 6 heteroatoms. The largest absolute Gasteiger partial charge is 0.467 e. The smallest absolute Gasteiger partial charge is 0.181 e. The molecule has 0 amide bonds. The van der Waals surface area contributed by atoms with Crippen LogP contribution < -0.4 is 5.32 Å². The van der Waals surface area contributed by atoms with Crippen LogP contribution in [0.1, 0.15) is 5.76 Å². The molecule has 0 fully saturated rings. The standard InChI is InChI=1S/C13H13N5O/c1-18-13(15-16-17-18)10-4-2-5-11(8-10)14-9-12-6-3-7-19-12/h2-8,14H,9H2,1H3. The van der Waals surface area contributed by atoms with E-state index in [1.54, 1.807) is 10.9 Å².